The first-order valence-corrected chi connectivity index (χ1v) is 8.41. The molecule has 0 aliphatic carbocycles. The summed E-state index contributed by atoms with van der Waals surface area (Å²) < 4.78 is 19.6. The first-order chi connectivity index (χ1) is 11.3. The predicted molar refractivity (Wildman–Crippen MR) is 94.3 cm³/mol. The number of piperidine rings is 1. The molecule has 0 radical (unpaired) electrons. The first-order valence-electron chi connectivity index (χ1n) is 8.00. The summed E-state index contributed by atoms with van der Waals surface area (Å²) in [6.07, 6.45) is 3.63. The Balaban J connectivity index is 1.75. The molecule has 0 aromatic heterocycles. The van der Waals surface area contributed by atoms with Crippen LogP contribution in [-0.2, 0) is 6.61 Å². The molecule has 3 rings (SSSR count). The van der Waals surface area contributed by atoms with Gasteiger partial charge in [0.1, 0.15) is 23.2 Å². The highest BCUT2D eigenvalue weighted by molar-refractivity contribution is 7.80. The van der Waals surface area contributed by atoms with Gasteiger partial charge in [0.15, 0.2) is 0 Å². The number of halogens is 1. The number of para-hydroxylation sites is 1. The number of likely N-dealkylation sites (tertiary alicyclic amines) is 1. The molecule has 23 heavy (non-hydrogen) atoms. The number of benzene rings is 2. The van der Waals surface area contributed by atoms with Crippen LogP contribution in [-0.4, -0.2) is 23.0 Å². The third-order valence-corrected chi connectivity index (χ3v) is 4.58. The van der Waals surface area contributed by atoms with Crippen molar-refractivity contribution in [1.29, 1.82) is 0 Å². The van der Waals surface area contributed by atoms with Gasteiger partial charge in [-0.2, -0.15) is 0 Å². The molecule has 1 aliphatic heterocycles. The van der Waals surface area contributed by atoms with Gasteiger partial charge in [0.25, 0.3) is 0 Å². The lowest BCUT2D eigenvalue weighted by Gasteiger charge is -2.29. The fourth-order valence-corrected chi connectivity index (χ4v) is 3.16. The lowest BCUT2D eigenvalue weighted by molar-refractivity contribution is 0.297. The summed E-state index contributed by atoms with van der Waals surface area (Å²) in [6.45, 7) is 2.20. The normalized spacial score (nSPS) is 14.6. The van der Waals surface area contributed by atoms with E-state index in [-0.39, 0.29) is 12.4 Å². The van der Waals surface area contributed by atoms with Crippen LogP contribution < -0.4 is 4.74 Å². The van der Waals surface area contributed by atoms with E-state index in [1.165, 1.54) is 25.3 Å². The summed E-state index contributed by atoms with van der Waals surface area (Å²) in [4.78, 5) is 3.07. The summed E-state index contributed by atoms with van der Waals surface area (Å²) >= 11 is 5.66. The average Bonchev–Trinajstić information content (AvgIpc) is 2.61. The van der Waals surface area contributed by atoms with E-state index in [2.05, 4.69) is 4.90 Å². The van der Waals surface area contributed by atoms with Crippen molar-refractivity contribution in [2.75, 3.05) is 13.1 Å². The molecule has 0 bridgehead atoms. The van der Waals surface area contributed by atoms with E-state index in [1.54, 1.807) is 12.1 Å². The molecule has 2 aromatic rings. The highest BCUT2D eigenvalue weighted by atomic mass is 32.1. The van der Waals surface area contributed by atoms with E-state index in [0.29, 0.717) is 11.3 Å². The summed E-state index contributed by atoms with van der Waals surface area (Å²) in [6, 6.07) is 14.4. The smallest absolute Gasteiger partial charge is 0.130 e. The first kappa shape index (κ1) is 15.9. The van der Waals surface area contributed by atoms with Crippen LogP contribution in [0.5, 0.6) is 5.75 Å². The van der Waals surface area contributed by atoms with Crippen molar-refractivity contribution >= 4 is 17.2 Å². The Morgan fingerprint density at radius 2 is 1.70 bits per heavy atom. The van der Waals surface area contributed by atoms with Gasteiger partial charge in [0, 0.05) is 18.7 Å². The van der Waals surface area contributed by atoms with E-state index in [0.717, 1.165) is 23.6 Å². The summed E-state index contributed by atoms with van der Waals surface area (Å²) in [7, 11) is 0. The Morgan fingerprint density at radius 1 is 1.00 bits per heavy atom. The van der Waals surface area contributed by atoms with Gasteiger partial charge in [-0.25, -0.2) is 4.39 Å². The minimum Gasteiger partial charge on any atom is -0.488 e. The standard InChI is InChI=1S/C19H20FNOS/c20-17-10-4-2-8-15(17)14-22-18-11-5-3-9-16(18)19(23)21-12-6-1-7-13-21/h2-5,8-11H,1,6-7,12-14H2. The average molecular weight is 329 g/mol. The fraction of sp³-hybridized carbons (Fsp3) is 0.316. The van der Waals surface area contributed by atoms with Crippen molar-refractivity contribution in [3.63, 3.8) is 0 Å². The number of hydrogen-bond acceptors (Lipinski definition) is 2. The molecule has 0 N–H and O–H groups in total. The van der Waals surface area contributed by atoms with Crippen LogP contribution in [0.15, 0.2) is 48.5 Å². The molecule has 2 nitrogen and oxygen atoms in total. The number of thiocarbonyl (C=S) groups is 1. The maximum absolute atomic E-state index is 13.7. The molecule has 4 heteroatoms. The molecule has 120 valence electrons. The molecular formula is C19H20FNOS. The van der Waals surface area contributed by atoms with Crippen LogP contribution in [0.2, 0.25) is 0 Å². The fourth-order valence-electron chi connectivity index (χ4n) is 2.81. The Labute approximate surface area is 141 Å². The van der Waals surface area contributed by atoms with Crippen LogP contribution in [0, 0.1) is 5.82 Å². The molecule has 1 heterocycles. The van der Waals surface area contributed by atoms with E-state index in [9.17, 15) is 4.39 Å². The van der Waals surface area contributed by atoms with Crippen LogP contribution in [0.3, 0.4) is 0 Å². The molecule has 2 aromatic carbocycles. The van der Waals surface area contributed by atoms with Crippen LogP contribution in [0.1, 0.15) is 30.4 Å². The third kappa shape index (κ3) is 3.88. The molecule has 0 unspecified atom stereocenters. The lowest BCUT2D eigenvalue weighted by Crippen LogP contribution is -2.35. The minimum absolute atomic E-state index is 0.201. The van der Waals surface area contributed by atoms with Crippen molar-refractivity contribution < 1.29 is 9.13 Å². The summed E-state index contributed by atoms with van der Waals surface area (Å²) in [5.74, 6) is 0.468. The van der Waals surface area contributed by atoms with Gasteiger partial charge in [-0.1, -0.05) is 42.5 Å². The van der Waals surface area contributed by atoms with Crippen LogP contribution in [0.4, 0.5) is 4.39 Å². The Bertz CT molecular complexity index is 683. The highest BCUT2D eigenvalue weighted by Crippen LogP contribution is 2.24. The van der Waals surface area contributed by atoms with E-state index in [1.807, 2.05) is 30.3 Å². The molecule has 1 fully saturated rings. The number of hydrogen-bond donors (Lipinski definition) is 0. The summed E-state index contributed by atoms with van der Waals surface area (Å²) in [5.41, 5.74) is 1.46. The largest absolute Gasteiger partial charge is 0.488 e. The highest BCUT2D eigenvalue weighted by Gasteiger charge is 2.18. The van der Waals surface area contributed by atoms with Gasteiger partial charge in [-0.05, 0) is 37.5 Å². The minimum atomic E-state index is -0.247. The Kier molecular flexibility index (Phi) is 5.23. The number of ether oxygens (including phenoxy) is 1. The van der Waals surface area contributed by atoms with Crippen molar-refractivity contribution in [1.82, 2.24) is 4.90 Å². The van der Waals surface area contributed by atoms with Gasteiger partial charge in [0.2, 0.25) is 0 Å². The number of rotatable bonds is 4. The zero-order valence-corrected chi connectivity index (χ0v) is 13.8. The van der Waals surface area contributed by atoms with Crippen molar-refractivity contribution in [2.24, 2.45) is 0 Å². The van der Waals surface area contributed by atoms with Crippen molar-refractivity contribution in [2.45, 2.75) is 25.9 Å². The van der Waals surface area contributed by atoms with E-state index < -0.39 is 0 Å². The van der Waals surface area contributed by atoms with Gasteiger partial charge in [0.05, 0.1) is 5.56 Å². The topological polar surface area (TPSA) is 12.5 Å². The quantitative estimate of drug-likeness (QED) is 0.763. The van der Waals surface area contributed by atoms with Crippen molar-refractivity contribution in [3.05, 3.63) is 65.5 Å². The monoisotopic (exact) mass is 329 g/mol. The molecule has 0 spiro atoms. The van der Waals surface area contributed by atoms with Gasteiger partial charge in [-0.3, -0.25) is 0 Å². The molecule has 1 saturated heterocycles. The predicted octanol–water partition coefficient (Wildman–Crippen LogP) is 4.57. The Morgan fingerprint density at radius 3 is 2.48 bits per heavy atom. The van der Waals surface area contributed by atoms with Crippen molar-refractivity contribution in [3.8, 4) is 5.75 Å². The van der Waals surface area contributed by atoms with Crippen LogP contribution in [0.25, 0.3) is 0 Å². The summed E-state index contributed by atoms with van der Waals surface area (Å²) in [5, 5.41) is 0. The van der Waals surface area contributed by atoms with E-state index >= 15 is 0 Å². The molecule has 1 aliphatic rings. The third-order valence-electron chi connectivity index (χ3n) is 4.10. The lowest BCUT2D eigenvalue weighted by atomic mass is 10.1. The zero-order chi connectivity index (χ0) is 16.1. The van der Waals surface area contributed by atoms with Gasteiger partial charge >= 0.3 is 0 Å². The number of nitrogens with zero attached hydrogens (tertiary/aromatic N) is 1. The second-order valence-corrected chi connectivity index (χ2v) is 6.12. The molecule has 0 atom stereocenters. The molecular weight excluding hydrogens is 309 g/mol. The second kappa shape index (κ2) is 7.55. The zero-order valence-electron chi connectivity index (χ0n) is 13.0. The van der Waals surface area contributed by atoms with Gasteiger partial charge < -0.3 is 9.64 Å². The second-order valence-electron chi connectivity index (χ2n) is 5.73. The Hall–Kier alpha value is -1.94. The van der Waals surface area contributed by atoms with Gasteiger partial charge in [-0.15, -0.1) is 0 Å². The maximum Gasteiger partial charge on any atom is 0.130 e. The van der Waals surface area contributed by atoms with Crippen LogP contribution >= 0.6 is 12.2 Å². The molecule has 0 amide bonds. The molecule has 0 saturated carbocycles. The van der Waals surface area contributed by atoms with E-state index in [4.69, 9.17) is 17.0 Å². The maximum atomic E-state index is 13.7. The SMILES string of the molecule is Fc1ccccc1COc1ccccc1C(=S)N1CCCCC1.